The van der Waals surface area contributed by atoms with Crippen LogP contribution in [0.3, 0.4) is 0 Å². The first-order chi connectivity index (χ1) is 12.1. The van der Waals surface area contributed by atoms with Gasteiger partial charge < -0.3 is 10.1 Å². The number of aromatic nitrogens is 3. The second-order valence-corrected chi connectivity index (χ2v) is 6.17. The molecule has 0 aromatic carbocycles. The van der Waals surface area contributed by atoms with E-state index in [1.54, 1.807) is 6.92 Å². The van der Waals surface area contributed by atoms with E-state index in [0.29, 0.717) is 17.3 Å². The highest BCUT2D eigenvalue weighted by Gasteiger charge is 2.33. The molecule has 0 radical (unpaired) electrons. The van der Waals surface area contributed by atoms with Crippen LogP contribution in [-0.2, 0) is 9.53 Å². The Labute approximate surface area is 142 Å². The first-order valence-electron chi connectivity index (χ1n) is 8.23. The van der Waals surface area contributed by atoms with Gasteiger partial charge in [0, 0.05) is 12.1 Å². The van der Waals surface area contributed by atoms with Crippen molar-refractivity contribution in [3.8, 4) is 0 Å². The van der Waals surface area contributed by atoms with Crippen molar-refractivity contribution >= 4 is 23.6 Å². The summed E-state index contributed by atoms with van der Waals surface area (Å²) in [5, 5.41) is 9.30. The average Bonchev–Trinajstić information content (AvgIpc) is 3.32. The maximum absolute atomic E-state index is 12.1. The van der Waals surface area contributed by atoms with Crippen LogP contribution in [0.15, 0.2) is 12.3 Å². The van der Waals surface area contributed by atoms with Gasteiger partial charge in [0.25, 0.3) is 0 Å². The Morgan fingerprint density at radius 2 is 2.20 bits per heavy atom. The van der Waals surface area contributed by atoms with E-state index in [1.807, 2.05) is 6.07 Å². The molecule has 2 N–H and O–H groups in total. The number of imidazole rings is 1. The predicted molar refractivity (Wildman–Crippen MR) is 85.2 cm³/mol. The average molecular weight is 343 g/mol. The number of urea groups is 1. The minimum absolute atomic E-state index is 0.187. The van der Waals surface area contributed by atoms with Gasteiger partial charge in [-0.3, -0.25) is 10.1 Å². The largest absolute Gasteiger partial charge is 0.461 e. The third-order valence-corrected chi connectivity index (χ3v) is 4.35. The first-order valence-corrected chi connectivity index (χ1v) is 8.23. The van der Waals surface area contributed by atoms with Crippen molar-refractivity contribution in [3.05, 3.63) is 29.2 Å². The van der Waals surface area contributed by atoms with Crippen molar-refractivity contribution in [2.24, 2.45) is 0 Å². The normalized spacial score (nSPS) is 20.3. The molecule has 9 nitrogen and oxygen atoms in total. The summed E-state index contributed by atoms with van der Waals surface area (Å²) in [7, 11) is 0. The molecule has 3 heterocycles. The number of carbonyl (C=O) groups is 3. The van der Waals surface area contributed by atoms with Crippen LogP contribution in [-0.4, -0.2) is 45.7 Å². The van der Waals surface area contributed by atoms with Crippen LogP contribution in [0.1, 0.15) is 53.3 Å². The molecule has 2 fully saturated rings. The van der Waals surface area contributed by atoms with Gasteiger partial charge in [-0.25, -0.2) is 19.1 Å². The first kappa shape index (κ1) is 15.6. The molecule has 1 saturated heterocycles. The van der Waals surface area contributed by atoms with Crippen LogP contribution in [0.5, 0.6) is 0 Å². The third kappa shape index (κ3) is 2.81. The molecular weight excluding hydrogens is 326 g/mol. The number of nitrogens with one attached hydrogen (secondary N) is 2. The van der Waals surface area contributed by atoms with E-state index in [1.165, 1.54) is 10.7 Å². The maximum Gasteiger partial charge on any atom is 0.358 e. The summed E-state index contributed by atoms with van der Waals surface area (Å²) in [4.78, 5) is 39.7. The standard InChI is InChI=1S/C16H17N5O4/c1-2-25-15(23)12-7-21-13(18-12)9(8-3-4-8)5-11(20-21)10-6-17-16(24)19-14(10)22/h5,7-8,10H,2-4,6H2,1H3,(H2,17,19,22,24). The molecule has 2 aliphatic rings. The number of hydrogen-bond donors (Lipinski definition) is 2. The van der Waals surface area contributed by atoms with Crippen LogP contribution in [0.4, 0.5) is 4.79 Å². The number of nitrogens with zero attached hydrogens (tertiary/aromatic N) is 3. The predicted octanol–water partition coefficient (Wildman–Crippen LogP) is 0.706. The van der Waals surface area contributed by atoms with Crippen LogP contribution in [0.2, 0.25) is 0 Å². The quantitative estimate of drug-likeness (QED) is 0.790. The lowest BCUT2D eigenvalue weighted by atomic mass is 10.0. The van der Waals surface area contributed by atoms with Crippen molar-refractivity contribution in [1.29, 1.82) is 0 Å². The Morgan fingerprint density at radius 3 is 2.88 bits per heavy atom. The Balaban J connectivity index is 1.77. The van der Waals surface area contributed by atoms with Crippen molar-refractivity contribution in [3.63, 3.8) is 0 Å². The van der Waals surface area contributed by atoms with Crippen LogP contribution < -0.4 is 10.6 Å². The van der Waals surface area contributed by atoms with Crippen LogP contribution >= 0.6 is 0 Å². The summed E-state index contributed by atoms with van der Waals surface area (Å²) in [6.45, 7) is 2.19. The summed E-state index contributed by atoms with van der Waals surface area (Å²) < 4.78 is 6.52. The van der Waals surface area contributed by atoms with E-state index in [0.717, 1.165) is 18.4 Å². The topological polar surface area (TPSA) is 115 Å². The van der Waals surface area contributed by atoms with Gasteiger partial charge in [-0.2, -0.15) is 5.10 Å². The number of imide groups is 1. The van der Waals surface area contributed by atoms with Gasteiger partial charge in [-0.1, -0.05) is 0 Å². The Hall–Kier alpha value is -2.97. The van der Waals surface area contributed by atoms with Crippen molar-refractivity contribution in [2.75, 3.05) is 13.2 Å². The SMILES string of the molecule is CCOC(=O)c1cn2nc(C3CNC(=O)NC3=O)cc(C3CC3)c2n1. The number of hydrogen-bond acceptors (Lipinski definition) is 6. The summed E-state index contributed by atoms with van der Waals surface area (Å²) in [6, 6.07) is 1.35. The molecule has 1 unspecified atom stereocenters. The molecular formula is C16H17N5O4. The van der Waals surface area contributed by atoms with E-state index >= 15 is 0 Å². The number of ether oxygens (including phenoxy) is 1. The summed E-state index contributed by atoms with van der Waals surface area (Å²) in [5.41, 5.74) is 2.30. The third-order valence-electron chi connectivity index (χ3n) is 4.35. The summed E-state index contributed by atoms with van der Waals surface area (Å²) in [5.74, 6) is -1.11. The molecule has 1 atom stereocenters. The Bertz CT molecular complexity index is 886. The lowest BCUT2D eigenvalue weighted by molar-refractivity contribution is -0.122. The highest BCUT2D eigenvalue weighted by atomic mass is 16.5. The van der Waals surface area contributed by atoms with Gasteiger partial charge in [0.1, 0.15) is 0 Å². The summed E-state index contributed by atoms with van der Waals surface area (Å²) in [6.07, 6.45) is 3.59. The maximum atomic E-state index is 12.1. The molecule has 25 heavy (non-hydrogen) atoms. The van der Waals surface area contributed by atoms with E-state index in [4.69, 9.17) is 4.74 Å². The number of fused-ring (bicyclic) bond motifs is 1. The molecule has 4 rings (SSSR count). The molecule has 1 saturated carbocycles. The fourth-order valence-electron chi connectivity index (χ4n) is 2.96. The fraction of sp³-hybridized carbons (Fsp3) is 0.438. The highest BCUT2D eigenvalue weighted by Crippen LogP contribution is 2.42. The molecule has 0 bridgehead atoms. The number of rotatable bonds is 4. The molecule has 1 aliphatic heterocycles. The Kier molecular flexibility index (Phi) is 3.63. The van der Waals surface area contributed by atoms with Crippen molar-refractivity contribution < 1.29 is 19.1 Å². The van der Waals surface area contributed by atoms with Crippen molar-refractivity contribution in [1.82, 2.24) is 25.2 Å². The van der Waals surface area contributed by atoms with E-state index in [-0.39, 0.29) is 24.8 Å². The Morgan fingerprint density at radius 1 is 1.40 bits per heavy atom. The van der Waals surface area contributed by atoms with E-state index in [9.17, 15) is 14.4 Å². The van der Waals surface area contributed by atoms with E-state index < -0.39 is 17.9 Å². The molecule has 2 aromatic rings. The van der Waals surface area contributed by atoms with Crippen LogP contribution in [0, 0.1) is 0 Å². The van der Waals surface area contributed by atoms with Gasteiger partial charge in [0.15, 0.2) is 11.3 Å². The van der Waals surface area contributed by atoms with Gasteiger partial charge in [0.05, 0.1) is 24.4 Å². The lowest BCUT2D eigenvalue weighted by Crippen LogP contribution is -2.51. The zero-order valence-electron chi connectivity index (χ0n) is 13.6. The van der Waals surface area contributed by atoms with Gasteiger partial charge in [-0.15, -0.1) is 0 Å². The zero-order valence-corrected chi connectivity index (χ0v) is 13.6. The minimum atomic E-state index is -0.576. The fourth-order valence-corrected chi connectivity index (χ4v) is 2.96. The van der Waals surface area contributed by atoms with Gasteiger partial charge in [0.2, 0.25) is 5.91 Å². The zero-order chi connectivity index (χ0) is 17.6. The minimum Gasteiger partial charge on any atom is -0.461 e. The number of amides is 3. The molecule has 3 amide bonds. The second kappa shape index (κ2) is 5.83. The summed E-state index contributed by atoms with van der Waals surface area (Å²) >= 11 is 0. The lowest BCUT2D eigenvalue weighted by Gasteiger charge is -2.22. The molecule has 2 aromatic heterocycles. The highest BCUT2D eigenvalue weighted by molar-refractivity contribution is 6.00. The number of carbonyl (C=O) groups excluding carboxylic acids is 3. The van der Waals surface area contributed by atoms with Crippen molar-refractivity contribution in [2.45, 2.75) is 31.6 Å². The smallest absolute Gasteiger partial charge is 0.358 e. The monoisotopic (exact) mass is 343 g/mol. The molecule has 9 heteroatoms. The van der Waals surface area contributed by atoms with Gasteiger partial charge in [-0.05, 0) is 31.7 Å². The van der Waals surface area contributed by atoms with Crippen LogP contribution in [0.25, 0.3) is 5.65 Å². The van der Waals surface area contributed by atoms with Gasteiger partial charge >= 0.3 is 12.0 Å². The second-order valence-electron chi connectivity index (χ2n) is 6.17. The van der Waals surface area contributed by atoms with E-state index in [2.05, 4.69) is 20.7 Å². The molecule has 0 spiro atoms. The number of esters is 1. The molecule has 1 aliphatic carbocycles. The molecule has 130 valence electrons.